The van der Waals surface area contributed by atoms with Crippen molar-refractivity contribution in [1.29, 1.82) is 0 Å². The third-order valence-electron chi connectivity index (χ3n) is 4.30. The lowest BCUT2D eigenvalue weighted by Gasteiger charge is -2.32. The van der Waals surface area contributed by atoms with E-state index in [9.17, 15) is 0 Å². The molecule has 1 unspecified atom stereocenters. The zero-order valence-electron chi connectivity index (χ0n) is 14.0. The Morgan fingerprint density at radius 3 is 2.86 bits per heavy atom. The fourth-order valence-electron chi connectivity index (χ4n) is 3.02. The van der Waals surface area contributed by atoms with Crippen LogP contribution in [0.1, 0.15) is 68.5 Å². The van der Waals surface area contributed by atoms with Crippen LogP contribution in [0.5, 0.6) is 0 Å². The summed E-state index contributed by atoms with van der Waals surface area (Å²) in [6.45, 7) is 11.2. The summed E-state index contributed by atoms with van der Waals surface area (Å²) in [5, 5.41) is 4.85. The van der Waals surface area contributed by atoms with E-state index < -0.39 is 0 Å². The molecule has 4 heteroatoms. The number of aryl methyl sites for hydroxylation is 1. The van der Waals surface area contributed by atoms with Crippen molar-refractivity contribution in [2.75, 3.05) is 13.1 Å². The van der Waals surface area contributed by atoms with E-state index in [1.165, 1.54) is 54.2 Å². The Hall–Kier alpha value is -0.450. The van der Waals surface area contributed by atoms with Crippen molar-refractivity contribution in [3.63, 3.8) is 0 Å². The zero-order valence-corrected chi connectivity index (χ0v) is 14.8. The minimum atomic E-state index is 0.721. The number of hydrogen-bond acceptors (Lipinski definition) is 4. The van der Waals surface area contributed by atoms with Crippen LogP contribution in [-0.4, -0.2) is 29.0 Å². The topological polar surface area (TPSA) is 28.2 Å². The van der Waals surface area contributed by atoms with Gasteiger partial charge in [-0.15, -0.1) is 11.3 Å². The van der Waals surface area contributed by atoms with Crippen molar-refractivity contribution in [1.82, 2.24) is 15.2 Å². The predicted octanol–water partition coefficient (Wildman–Crippen LogP) is 3.97. The van der Waals surface area contributed by atoms with E-state index in [2.05, 4.69) is 31.0 Å². The molecule has 1 aliphatic heterocycles. The average Bonchev–Trinajstić information content (AvgIpc) is 2.84. The van der Waals surface area contributed by atoms with Crippen LogP contribution in [0.25, 0.3) is 0 Å². The van der Waals surface area contributed by atoms with Gasteiger partial charge in [-0.2, -0.15) is 0 Å². The fraction of sp³-hybridized carbons (Fsp3) is 0.824. The molecule has 3 nitrogen and oxygen atoms in total. The van der Waals surface area contributed by atoms with Crippen LogP contribution in [-0.2, 0) is 19.5 Å². The molecule has 1 aromatic rings. The van der Waals surface area contributed by atoms with Gasteiger partial charge in [-0.05, 0) is 45.7 Å². The highest BCUT2D eigenvalue weighted by Gasteiger charge is 2.20. The maximum atomic E-state index is 4.94. The maximum Gasteiger partial charge on any atom is 0.107 e. The Kier molecular flexibility index (Phi) is 7.14. The number of hydrogen-bond donors (Lipinski definition) is 1. The number of likely N-dealkylation sites (tertiary alicyclic amines) is 1. The van der Waals surface area contributed by atoms with Gasteiger partial charge in [0.15, 0.2) is 0 Å². The number of aromatic nitrogens is 1. The minimum Gasteiger partial charge on any atom is -0.312 e. The van der Waals surface area contributed by atoms with Crippen LogP contribution in [0.3, 0.4) is 0 Å². The molecule has 0 radical (unpaired) electrons. The van der Waals surface area contributed by atoms with E-state index in [-0.39, 0.29) is 0 Å². The number of nitrogens with one attached hydrogen (secondary N) is 1. The lowest BCUT2D eigenvalue weighted by atomic mass is 10.0. The Bertz CT molecular complexity index is 416. The molecule has 0 spiro atoms. The first-order valence-electron chi connectivity index (χ1n) is 8.66. The third-order valence-corrected chi connectivity index (χ3v) is 5.38. The normalized spacial score (nSPS) is 20.0. The summed E-state index contributed by atoms with van der Waals surface area (Å²) in [5.41, 5.74) is 1.34. The van der Waals surface area contributed by atoms with Crippen molar-refractivity contribution in [2.45, 2.75) is 78.4 Å². The molecule has 21 heavy (non-hydrogen) atoms. The van der Waals surface area contributed by atoms with Gasteiger partial charge in [-0.1, -0.05) is 26.7 Å². The molecule has 120 valence electrons. The number of nitrogens with zero attached hydrogens (tertiary/aromatic N) is 2. The van der Waals surface area contributed by atoms with E-state index in [0.29, 0.717) is 0 Å². The largest absolute Gasteiger partial charge is 0.312 e. The van der Waals surface area contributed by atoms with Gasteiger partial charge in [0.25, 0.3) is 0 Å². The van der Waals surface area contributed by atoms with E-state index in [1.54, 1.807) is 0 Å². The van der Waals surface area contributed by atoms with Crippen LogP contribution in [0.4, 0.5) is 0 Å². The second kappa shape index (κ2) is 8.86. The van der Waals surface area contributed by atoms with Gasteiger partial charge in [-0.3, -0.25) is 4.90 Å². The Labute approximate surface area is 134 Å². The van der Waals surface area contributed by atoms with E-state index in [4.69, 9.17) is 4.98 Å². The Morgan fingerprint density at radius 1 is 1.29 bits per heavy atom. The van der Waals surface area contributed by atoms with E-state index in [1.807, 2.05) is 11.3 Å². The highest BCUT2D eigenvalue weighted by molar-refractivity contribution is 7.11. The average molecular weight is 310 g/mol. The van der Waals surface area contributed by atoms with Gasteiger partial charge in [0.2, 0.25) is 0 Å². The molecule has 0 aliphatic carbocycles. The second-order valence-electron chi connectivity index (χ2n) is 6.22. The lowest BCUT2D eigenvalue weighted by molar-refractivity contribution is 0.152. The summed E-state index contributed by atoms with van der Waals surface area (Å²) >= 11 is 1.93. The summed E-state index contributed by atoms with van der Waals surface area (Å²) in [6.07, 6.45) is 7.59. The minimum absolute atomic E-state index is 0.721. The molecule has 1 fully saturated rings. The summed E-state index contributed by atoms with van der Waals surface area (Å²) in [5.74, 6) is 0. The summed E-state index contributed by atoms with van der Waals surface area (Å²) < 4.78 is 0. The van der Waals surface area contributed by atoms with Crippen molar-refractivity contribution in [2.24, 2.45) is 0 Å². The lowest BCUT2D eigenvalue weighted by Crippen LogP contribution is -2.36. The third kappa shape index (κ3) is 5.04. The molecule has 1 saturated heterocycles. The molecule has 1 N–H and O–H groups in total. The second-order valence-corrected chi connectivity index (χ2v) is 7.39. The van der Waals surface area contributed by atoms with Crippen LogP contribution in [0.15, 0.2) is 0 Å². The summed E-state index contributed by atoms with van der Waals surface area (Å²) in [7, 11) is 0. The first-order chi connectivity index (χ1) is 10.2. The van der Waals surface area contributed by atoms with Crippen molar-refractivity contribution >= 4 is 11.3 Å². The molecule has 2 heterocycles. The van der Waals surface area contributed by atoms with Crippen LogP contribution in [0, 0.1) is 0 Å². The first-order valence-corrected chi connectivity index (χ1v) is 9.48. The molecule has 2 rings (SSSR count). The van der Waals surface area contributed by atoms with Crippen molar-refractivity contribution in [3.05, 3.63) is 15.6 Å². The molecular weight excluding hydrogens is 278 g/mol. The van der Waals surface area contributed by atoms with Crippen LogP contribution < -0.4 is 5.32 Å². The maximum absolute atomic E-state index is 4.94. The fourth-order valence-corrected chi connectivity index (χ4v) is 4.13. The SMILES string of the molecule is CCCNCc1sc(CN2CCCCC2C)nc1CCC. The number of thiazole rings is 1. The highest BCUT2D eigenvalue weighted by atomic mass is 32.1. The molecule has 0 amide bonds. The smallest absolute Gasteiger partial charge is 0.107 e. The van der Waals surface area contributed by atoms with Gasteiger partial charge in [0.1, 0.15) is 5.01 Å². The zero-order chi connectivity index (χ0) is 15.1. The number of rotatable bonds is 8. The first kappa shape index (κ1) is 16.9. The quantitative estimate of drug-likeness (QED) is 0.737. The Morgan fingerprint density at radius 2 is 2.14 bits per heavy atom. The summed E-state index contributed by atoms with van der Waals surface area (Å²) in [6, 6.07) is 0.721. The van der Waals surface area contributed by atoms with E-state index >= 15 is 0 Å². The highest BCUT2D eigenvalue weighted by Crippen LogP contribution is 2.24. The number of piperidine rings is 1. The van der Waals surface area contributed by atoms with Gasteiger partial charge >= 0.3 is 0 Å². The molecule has 1 aromatic heterocycles. The van der Waals surface area contributed by atoms with Gasteiger partial charge in [0.05, 0.1) is 12.2 Å². The van der Waals surface area contributed by atoms with Gasteiger partial charge in [0, 0.05) is 17.5 Å². The molecule has 1 aliphatic rings. The van der Waals surface area contributed by atoms with Crippen molar-refractivity contribution in [3.8, 4) is 0 Å². The van der Waals surface area contributed by atoms with Crippen LogP contribution >= 0.6 is 11.3 Å². The standard InChI is InChI=1S/C17H31N3S/c1-4-8-15-16(12-18-10-5-2)21-17(19-15)13-20-11-7-6-9-14(20)3/h14,18H,4-13H2,1-3H3. The molecule has 0 aromatic carbocycles. The van der Waals surface area contributed by atoms with Gasteiger partial charge in [-0.25, -0.2) is 4.98 Å². The van der Waals surface area contributed by atoms with Crippen LogP contribution in [0.2, 0.25) is 0 Å². The molecule has 0 saturated carbocycles. The molecular formula is C17H31N3S. The summed E-state index contributed by atoms with van der Waals surface area (Å²) in [4.78, 5) is 9.02. The van der Waals surface area contributed by atoms with Gasteiger partial charge < -0.3 is 5.32 Å². The molecule has 0 bridgehead atoms. The predicted molar refractivity (Wildman–Crippen MR) is 91.8 cm³/mol. The van der Waals surface area contributed by atoms with E-state index in [0.717, 1.165) is 32.1 Å². The monoisotopic (exact) mass is 309 g/mol. The molecule has 1 atom stereocenters. The Balaban J connectivity index is 1.99. The van der Waals surface area contributed by atoms with Crippen molar-refractivity contribution < 1.29 is 0 Å².